The maximum absolute atomic E-state index is 12.6. The lowest BCUT2D eigenvalue weighted by molar-refractivity contribution is -0.125. The zero-order valence-electron chi connectivity index (χ0n) is 16.7. The van der Waals surface area contributed by atoms with Crippen molar-refractivity contribution in [3.05, 3.63) is 109 Å². The maximum Gasteiger partial charge on any atom is 0.246 e. The van der Waals surface area contributed by atoms with Crippen molar-refractivity contribution in [2.45, 2.75) is 6.54 Å². The van der Waals surface area contributed by atoms with E-state index in [0.717, 1.165) is 28.1 Å². The normalized spacial score (nSPS) is 11.0. The first-order valence-corrected chi connectivity index (χ1v) is 9.73. The highest BCUT2D eigenvalue weighted by Gasteiger charge is 2.15. The molecule has 0 aliphatic carbocycles. The Balaban J connectivity index is 1.60. The van der Waals surface area contributed by atoms with Gasteiger partial charge >= 0.3 is 0 Å². The van der Waals surface area contributed by atoms with Crippen LogP contribution in [0.2, 0.25) is 0 Å². The van der Waals surface area contributed by atoms with Crippen LogP contribution in [-0.2, 0) is 11.3 Å². The lowest BCUT2D eigenvalue weighted by atomic mass is 10.1. The third-order valence-corrected chi connectivity index (χ3v) is 4.77. The van der Waals surface area contributed by atoms with E-state index in [1.165, 1.54) is 0 Å². The van der Waals surface area contributed by atoms with E-state index in [9.17, 15) is 4.79 Å². The molecule has 0 atom stereocenters. The number of carbonyl (C=O) groups is 1. The van der Waals surface area contributed by atoms with Gasteiger partial charge in [-0.2, -0.15) is 5.10 Å². The van der Waals surface area contributed by atoms with E-state index in [0.29, 0.717) is 6.54 Å². The molecule has 30 heavy (non-hydrogen) atoms. The first-order valence-electron chi connectivity index (χ1n) is 9.73. The number of nitrogens with zero attached hydrogens (tertiary/aromatic N) is 4. The number of rotatable bonds is 6. The molecule has 0 saturated heterocycles. The molecule has 148 valence electrons. The van der Waals surface area contributed by atoms with Crippen LogP contribution in [-0.4, -0.2) is 32.6 Å². The van der Waals surface area contributed by atoms with E-state index in [1.807, 2.05) is 83.7 Å². The summed E-state index contributed by atoms with van der Waals surface area (Å²) in [5.74, 6) is -0.0710. The van der Waals surface area contributed by atoms with E-state index < -0.39 is 0 Å². The van der Waals surface area contributed by atoms with Crippen molar-refractivity contribution in [3.63, 3.8) is 0 Å². The largest absolute Gasteiger partial charge is 0.338 e. The van der Waals surface area contributed by atoms with E-state index in [-0.39, 0.29) is 5.91 Å². The van der Waals surface area contributed by atoms with Gasteiger partial charge in [-0.3, -0.25) is 9.78 Å². The second-order valence-electron chi connectivity index (χ2n) is 6.96. The summed E-state index contributed by atoms with van der Waals surface area (Å²) in [6.45, 7) is 0.455. The minimum Gasteiger partial charge on any atom is -0.338 e. The fourth-order valence-electron chi connectivity index (χ4n) is 3.18. The van der Waals surface area contributed by atoms with Gasteiger partial charge in [0.05, 0.1) is 11.4 Å². The second kappa shape index (κ2) is 9.01. The minimum atomic E-state index is -0.0710. The third-order valence-electron chi connectivity index (χ3n) is 4.77. The van der Waals surface area contributed by atoms with Gasteiger partial charge in [-0.25, -0.2) is 4.68 Å². The quantitative estimate of drug-likeness (QED) is 0.449. The van der Waals surface area contributed by atoms with Gasteiger partial charge in [0.15, 0.2) is 0 Å². The summed E-state index contributed by atoms with van der Waals surface area (Å²) in [6, 6.07) is 23.7. The predicted octanol–water partition coefficient (Wildman–Crippen LogP) is 4.61. The molecular weight excluding hydrogens is 372 g/mol. The minimum absolute atomic E-state index is 0.0710. The van der Waals surface area contributed by atoms with E-state index in [1.54, 1.807) is 36.5 Å². The highest BCUT2D eigenvalue weighted by molar-refractivity contribution is 5.91. The van der Waals surface area contributed by atoms with Gasteiger partial charge in [0, 0.05) is 49.4 Å². The Morgan fingerprint density at radius 3 is 2.33 bits per heavy atom. The first-order chi connectivity index (χ1) is 14.7. The van der Waals surface area contributed by atoms with Crippen molar-refractivity contribution >= 4 is 12.0 Å². The number of para-hydroxylation sites is 1. The molecule has 0 aliphatic rings. The van der Waals surface area contributed by atoms with Gasteiger partial charge < -0.3 is 4.90 Å². The number of benzene rings is 2. The summed E-state index contributed by atoms with van der Waals surface area (Å²) in [5, 5.41) is 4.81. The highest BCUT2D eigenvalue weighted by Crippen LogP contribution is 2.24. The smallest absolute Gasteiger partial charge is 0.246 e. The van der Waals surface area contributed by atoms with Crippen LogP contribution >= 0.6 is 0 Å². The third kappa shape index (κ3) is 4.52. The highest BCUT2D eigenvalue weighted by atomic mass is 16.2. The molecule has 5 nitrogen and oxygen atoms in total. The number of pyridine rings is 1. The average Bonchev–Trinajstić information content (AvgIpc) is 3.23. The summed E-state index contributed by atoms with van der Waals surface area (Å²) in [4.78, 5) is 18.3. The number of likely N-dealkylation sites (N-methyl/N-ethyl adjacent to an activating group) is 1. The Bertz CT molecular complexity index is 1140. The zero-order valence-corrected chi connectivity index (χ0v) is 16.7. The van der Waals surface area contributed by atoms with Gasteiger partial charge in [0.25, 0.3) is 0 Å². The predicted molar refractivity (Wildman–Crippen MR) is 119 cm³/mol. The molecule has 5 heteroatoms. The molecule has 0 spiro atoms. The van der Waals surface area contributed by atoms with Crippen LogP contribution in [0, 0.1) is 0 Å². The Morgan fingerprint density at radius 2 is 1.63 bits per heavy atom. The summed E-state index contributed by atoms with van der Waals surface area (Å²) in [7, 11) is 1.80. The van der Waals surface area contributed by atoms with Crippen LogP contribution in [0.1, 0.15) is 11.1 Å². The lowest BCUT2D eigenvalue weighted by Gasteiger charge is -2.15. The molecule has 1 amide bonds. The van der Waals surface area contributed by atoms with Crippen LogP contribution in [0.3, 0.4) is 0 Å². The van der Waals surface area contributed by atoms with Gasteiger partial charge in [-0.05, 0) is 35.9 Å². The SMILES string of the molecule is CN(Cc1cn(-c2ccccc2)nc1-c1ccccc1)C(=O)/C=C/c1ccncc1. The Morgan fingerprint density at radius 1 is 0.967 bits per heavy atom. The first kappa shape index (κ1) is 19.3. The summed E-state index contributed by atoms with van der Waals surface area (Å²) >= 11 is 0. The molecule has 2 aromatic carbocycles. The van der Waals surface area contributed by atoms with Crippen molar-refractivity contribution in [1.29, 1.82) is 0 Å². The molecule has 2 aromatic heterocycles. The van der Waals surface area contributed by atoms with E-state index in [2.05, 4.69) is 4.98 Å². The van der Waals surface area contributed by atoms with Crippen LogP contribution in [0.15, 0.2) is 97.5 Å². The van der Waals surface area contributed by atoms with Gasteiger partial charge in [0.2, 0.25) is 5.91 Å². The topological polar surface area (TPSA) is 51.0 Å². The van der Waals surface area contributed by atoms with E-state index >= 15 is 0 Å². The van der Waals surface area contributed by atoms with Crippen molar-refractivity contribution in [1.82, 2.24) is 19.7 Å². The molecule has 0 N–H and O–H groups in total. The number of hydrogen-bond donors (Lipinski definition) is 0. The van der Waals surface area contributed by atoms with Gasteiger partial charge in [0.1, 0.15) is 0 Å². The van der Waals surface area contributed by atoms with Crippen LogP contribution < -0.4 is 0 Å². The lowest BCUT2D eigenvalue weighted by Crippen LogP contribution is -2.24. The van der Waals surface area contributed by atoms with Crippen LogP contribution in [0.25, 0.3) is 23.0 Å². The summed E-state index contributed by atoms with van der Waals surface area (Å²) < 4.78 is 1.86. The van der Waals surface area contributed by atoms with Crippen LogP contribution in [0.4, 0.5) is 0 Å². The van der Waals surface area contributed by atoms with Crippen molar-refractivity contribution in [2.75, 3.05) is 7.05 Å². The van der Waals surface area contributed by atoms with Crippen molar-refractivity contribution < 1.29 is 4.79 Å². The fourth-order valence-corrected chi connectivity index (χ4v) is 3.18. The van der Waals surface area contributed by atoms with Gasteiger partial charge in [-0.15, -0.1) is 0 Å². The zero-order chi connectivity index (χ0) is 20.8. The molecular formula is C25H22N4O. The molecule has 0 unspecified atom stereocenters. The molecule has 0 fully saturated rings. The summed E-state index contributed by atoms with van der Waals surface area (Å²) in [6.07, 6.45) is 8.79. The monoisotopic (exact) mass is 394 g/mol. The number of amides is 1. The number of aromatic nitrogens is 3. The van der Waals surface area contributed by atoms with Crippen molar-refractivity contribution in [3.8, 4) is 16.9 Å². The summed E-state index contributed by atoms with van der Waals surface area (Å²) in [5.41, 5.74) is 4.80. The Hall–Kier alpha value is -3.99. The van der Waals surface area contributed by atoms with Crippen molar-refractivity contribution in [2.24, 2.45) is 0 Å². The standard InChI is InChI=1S/C25H22N4O/c1-28(24(30)13-12-20-14-16-26-17-15-20)18-22-19-29(23-10-6-3-7-11-23)27-25(22)21-8-4-2-5-9-21/h2-17,19H,18H2,1H3/b13-12+. The molecule has 0 saturated carbocycles. The van der Waals surface area contributed by atoms with Gasteiger partial charge in [-0.1, -0.05) is 48.5 Å². The molecule has 4 rings (SSSR count). The molecule has 0 aliphatic heterocycles. The number of hydrogen-bond acceptors (Lipinski definition) is 3. The molecule has 0 bridgehead atoms. The Kier molecular flexibility index (Phi) is 5.80. The molecule has 0 radical (unpaired) electrons. The molecule has 2 heterocycles. The maximum atomic E-state index is 12.6. The Labute approximate surface area is 175 Å². The van der Waals surface area contributed by atoms with Crippen LogP contribution in [0.5, 0.6) is 0 Å². The molecule has 4 aromatic rings. The second-order valence-corrected chi connectivity index (χ2v) is 6.96. The average molecular weight is 394 g/mol. The fraction of sp³-hybridized carbons (Fsp3) is 0.0800. The number of carbonyl (C=O) groups excluding carboxylic acids is 1. The van der Waals surface area contributed by atoms with E-state index in [4.69, 9.17) is 5.10 Å².